The van der Waals surface area contributed by atoms with Gasteiger partial charge in [0.25, 0.3) is 0 Å². The molecule has 51 heavy (non-hydrogen) atoms. The van der Waals surface area contributed by atoms with Crippen molar-refractivity contribution in [3.63, 3.8) is 0 Å². The summed E-state index contributed by atoms with van der Waals surface area (Å²) in [6.45, 7) is 0.728. The van der Waals surface area contributed by atoms with Crippen molar-refractivity contribution in [2.45, 2.75) is 35.8 Å². The van der Waals surface area contributed by atoms with Crippen molar-refractivity contribution in [2.75, 3.05) is 0 Å². The number of rotatable bonds is 12. The van der Waals surface area contributed by atoms with E-state index in [0.717, 1.165) is 62.9 Å². The number of aromatic nitrogens is 6. The highest BCUT2D eigenvalue weighted by molar-refractivity contribution is 9.10. The molecule has 0 amide bonds. The fraction of sp³-hybridized carbons (Fsp3) is 0.116. The number of benzene rings is 5. The Morgan fingerprint density at radius 2 is 1.33 bits per heavy atom. The predicted octanol–water partition coefficient (Wildman–Crippen LogP) is 10.2. The summed E-state index contributed by atoms with van der Waals surface area (Å²) in [4.78, 5) is 9.98. The lowest BCUT2D eigenvalue weighted by Gasteiger charge is -2.37. The van der Waals surface area contributed by atoms with Gasteiger partial charge in [-0.05, 0) is 59.4 Å². The second-order valence-corrected chi connectivity index (χ2v) is 14.3. The summed E-state index contributed by atoms with van der Waals surface area (Å²) >= 11 is 5.30. The van der Waals surface area contributed by atoms with Gasteiger partial charge in [-0.3, -0.25) is 0 Å². The Balaban J connectivity index is 1.11. The average Bonchev–Trinajstić information content (AvgIpc) is 3.83. The van der Waals surface area contributed by atoms with Crippen LogP contribution in [0, 0.1) is 0 Å². The van der Waals surface area contributed by atoms with Crippen LogP contribution in [-0.2, 0) is 24.3 Å². The van der Waals surface area contributed by atoms with Gasteiger partial charge in [0.05, 0.1) is 17.5 Å². The van der Waals surface area contributed by atoms with Crippen LogP contribution in [-0.4, -0.2) is 29.3 Å². The number of imidazole rings is 1. The number of nitrogens with zero attached hydrogens (tertiary/aromatic N) is 6. The molecule has 0 N–H and O–H groups in total. The Labute approximate surface area is 310 Å². The van der Waals surface area contributed by atoms with Crippen LogP contribution in [0.1, 0.15) is 34.4 Å². The Bertz CT molecular complexity index is 2280. The highest BCUT2D eigenvalue weighted by Crippen LogP contribution is 2.41. The van der Waals surface area contributed by atoms with Gasteiger partial charge in [0, 0.05) is 28.4 Å². The number of fused-ring (bicyclic) bond motifs is 1. The van der Waals surface area contributed by atoms with Crippen LogP contribution in [0.15, 0.2) is 174 Å². The van der Waals surface area contributed by atoms with E-state index < -0.39 is 5.54 Å². The van der Waals surface area contributed by atoms with Crippen molar-refractivity contribution in [3.8, 4) is 11.5 Å². The molecule has 0 saturated carbocycles. The van der Waals surface area contributed by atoms with Crippen molar-refractivity contribution < 1.29 is 0 Å². The summed E-state index contributed by atoms with van der Waals surface area (Å²) in [6, 6.07) is 52.9. The first-order chi connectivity index (χ1) is 25.2. The van der Waals surface area contributed by atoms with E-state index in [1.54, 1.807) is 11.8 Å². The lowest BCUT2D eigenvalue weighted by Crippen LogP contribution is -2.36. The SMILES string of the molecule is Brc1cccc(CSc2nnc(-c3ccc4ccccc4n3)n2CCCc2cn(C(c3ccccc3)(c3ccccc3)c3ccccc3)cn2)c1. The van der Waals surface area contributed by atoms with Gasteiger partial charge in [0.15, 0.2) is 11.0 Å². The molecule has 250 valence electrons. The van der Waals surface area contributed by atoms with Gasteiger partial charge >= 0.3 is 0 Å². The van der Waals surface area contributed by atoms with Crippen molar-refractivity contribution in [1.29, 1.82) is 0 Å². The molecule has 0 spiro atoms. The molecule has 6 nitrogen and oxygen atoms in total. The Kier molecular flexibility index (Phi) is 9.60. The first-order valence-electron chi connectivity index (χ1n) is 17.0. The summed E-state index contributed by atoms with van der Waals surface area (Å²) in [5, 5.41) is 11.3. The smallest absolute Gasteiger partial charge is 0.191 e. The molecule has 3 aromatic heterocycles. The molecule has 8 aromatic rings. The van der Waals surface area contributed by atoms with Gasteiger partial charge < -0.3 is 9.13 Å². The molecule has 0 radical (unpaired) electrons. The van der Waals surface area contributed by atoms with E-state index in [2.05, 4.69) is 163 Å². The van der Waals surface area contributed by atoms with E-state index in [1.165, 1.54) is 22.3 Å². The lowest BCUT2D eigenvalue weighted by molar-refractivity contribution is 0.513. The second kappa shape index (κ2) is 14.9. The van der Waals surface area contributed by atoms with Gasteiger partial charge in [-0.1, -0.05) is 155 Å². The quantitative estimate of drug-likeness (QED) is 0.0920. The van der Waals surface area contributed by atoms with Crippen LogP contribution in [0.25, 0.3) is 22.4 Å². The predicted molar refractivity (Wildman–Crippen MR) is 210 cm³/mol. The van der Waals surface area contributed by atoms with E-state index in [4.69, 9.17) is 9.97 Å². The van der Waals surface area contributed by atoms with E-state index >= 15 is 0 Å². The molecule has 0 aliphatic heterocycles. The third-order valence-corrected chi connectivity index (χ3v) is 10.7. The molecule has 0 aliphatic rings. The van der Waals surface area contributed by atoms with Crippen LogP contribution in [0.5, 0.6) is 0 Å². The minimum atomic E-state index is -0.589. The Hall–Kier alpha value is -5.31. The van der Waals surface area contributed by atoms with Crippen LogP contribution < -0.4 is 0 Å². The zero-order valence-corrected chi connectivity index (χ0v) is 30.3. The van der Waals surface area contributed by atoms with Gasteiger partial charge in [0.1, 0.15) is 11.2 Å². The van der Waals surface area contributed by atoms with Crippen molar-refractivity contribution >= 4 is 38.6 Å². The van der Waals surface area contributed by atoms with Gasteiger partial charge in [-0.15, -0.1) is 10.2 Å². The van der Waals surface area contributed by atoms with Crippen LogP contribution in [0.3, 0.4) is 0 Å². The molecule has 0 aliphatic carbocycles. The lowest BCUT2D eigenvalue weighted by atomic mass is 9.77. The fourth-order valence-electron chi connectivity index (χ4n) is 6.83. The summed E-state index contributed by atoms with van der Waals surface area (Å²) in [6.07, 6.45) is 5.85. The first kappa shape index (κ1) is 32.9. The van der Waals surface area contributed by atoms with E-state index in [1.807, 2.05) is 36.7 Å². The second-order valence-electron chi connectivity index (χ2n) is 12.4. The van der Waals surface area contributed by atoms with Gasteiger partial charge in [0.2, 0.25) is 0 Å². The van der Waals surface area contributed by atoms with Crippen LogP contribution in [0.4, 0.5) is 0 Å². The van der Waals surface area contributed by atoms with Crippen LogP contribution >= 0.6 is 27.7 Å². The standard InChI is InChI=1S/C43H35BrN6S/c44-37-22-12-14-32(28-37)30-51-42-48-47-41(40-26-25-33-15-10-11-24-39(33)46-40)50(42)27-13-23-38-29-49(31-45-38)43(34-16-4-1-5-17-34,35-18-6-2-7-19-35)36-20-8-3-9-21-36/h1-12,14-22,24-26,28-29,31H,13,23,27,30H2. The summed E-state index contributed by atoms with van der Waals surface area (Å²) in [5.74, 6) is 1.56. The van der Waals surface area contributed by atoms with Crippen molar-refractivity contribution in [2.24, 2.45) is 0 Å². The van der Waals surface area contributed by atoms with E-state index in [0.29, 0.717) is 0 Å². The van der Waals surface area contributed by atoms with E-state index in [-0.39, 0.29) is 0 Å². The van der Waals surface area contributed by atoms with Crippen molar-refractivity contribution in [3.05, 3.63) is 197 Å². The molecule has 0 bridgehead atoms. The number of para-hydroxylation sites is 1. The minimum absolute atomic E-state index is 0.589. The van der Waals surface area contributed by atoms with Gasteiger partial charge in [-0.25, -0.2) is 9.97 Å². The Morgan fingerprint density at radius 1 is 0.667 bits per heavy atom. The summed E-state index contributed by atoms with van der Waals surface area (Å²) < 4.78 is 5.57. The maximum atomic E-state index is 5.00. The van der Waals surface area contributed by atoms with Crippen LogP contribution in [0.2, 0.25) is 0 Å². The van der Waals surface area contributed by atoms with Gasteiger partial charge in [-0.2, -0.15) is 0 Å². The molecule has 0 saturated heterocycles. The van der Waals surface area contributed by atoms with E-state index in [9.17, 15) is 0 Å². The highest BCUT2D eigenvalue weighted by atomic mass is 79.9. The molecular formula is C43H35BrN6S. The highest BCUT2D eigenvalue weighted by Gasteiger charge is 2.38. The molecule has 5 aromatic carbocycles. The summed E-state index contributed by atoms with van der Waals surface area (Å²) in [5.41, 5.74) is 6.95. The Morgan fingerprint density at radius 3 is 2.02 bits per heavy atom. The number of pyridine rings is 1. The zero-order chi connectivity index (χ0) is 34.5. The minimum Gasteiger partial charge on any atom is -0.319 e. The molecule has 8 rings (SSSR count). The number of aryl methyl sites for hydroxylation is 1. The number of halogens is 1. The number of hydrogen-bond donors (Lipinski definition) is 0. The monoisotopic (exact) mass is 746 g/mol. The largest absolute Gasteiger partial charge is 0.319 e. The fourth-order valence-corrected chi connectivity index (χ4v) is 8.19. The third kappa shape index (κ3) is 6.77. The maximum absolute atomic E-state index is 5.00. The number of thioether (sulfide) groups is 1. The molecular weight excluding hydrogens is 712 g/mol. The molecule has 8 heteroatoms. The molecule has 0 fully saturated rings. The van der Waals surface area contributed by atoms with Crippen molar-refractivity contribution in [1.82, 2.24) is 29.3 Å². The number of hydrogen-bond acceptors (Lipinski definition) is 5. The summed E-state index contributed by atoms with van der Waals surface area (Å²) in [7, 11) is 0. The maximum Gasteiger partial charge on any atom is 0.191 e. The third-order valence-electron chi connectivity index (χ3n) is 9.21. The molecule has 0 atom stereocenters. The first-order valence-corrected chi connectivity index (χ1v) is 18.8. The molecule has 0 unspecified atom stereocenters. The topological polar surface area (TPSA) is 61.4 Å². The molecule has 3 heterocycles. The zero-order valence-electron chi connectivity index (χ0n) is 27.9. The normalized spacial score (nSPS) is 11.6. The average molecular weight is 748 g/mol.